The summed E-state index contributed by atoms with van der Waals surface area (Å²) < 4.78 is 20.6. The Labute approximate surface area is 334 Å². The van der Waals surface area contributed by atoms with Gasteiger partial charge in [-0.25, -0.2) is 25.0 Å². The number of aromatic nitrogens is 1. The molecule has 1 atom stereocenters. The molecular weight excluding hydrogens is 725 g/mol. The first-order valence-electron chi connectivity index (χ1n) is 21.5. The highest BCUT2D eigenvalue weighted by molar-refractivity contribution is 6.68. The Kier molecular flexibility index (Phi) is 8.12. The topological polar surface area (TPSA) is 100 Å². The maximum atomic E-state index is 7.91. The molecule has 10 nitrogen and oxygen atoms in total. The molecule has 0 radical (unpaired) electrons. The van der Waals surface area contributed by atoms with E-state index in [1.165, 1.54) is 44.1 Å². The van der Waals surface area contributed by atoms with Gasteiger partial charge in [-0.2, -0.15) is 0 Å². The van der Waals surface area contributed by atoms with E-state index >= 15 is 0 Å². The lowest BCUT2D eigenvalue weighted by Crippen LogP contribution is -2.67. The van der Waals surface area contributed by atoms with Gasteiger partial charge in [0.05, 0.1) is 0 Å². The summed E-state index contributed by atoms with van der Waals surface area (Å²) in [7, 11) is -3.95. The van der Waals surface area contributed by atoms with E-state index in [2.05, 4.69) is 86.9 Å². The van der Waals surface area contributed by atoms with Crippen LogP contribution in [-0.4, -0.2) is 60.1 Å². The maximum Gasteiger partial charge on any atom is 0.599 e. The van der Waals surface area contributed by atoms with Crippen molar-refractivity contribution in [2.75, 3.05) is 13.2 Å². The molecule has 1 aromatic heterocycles. The molecule has 6 heterocycles. The van der Waals surface area contributed by atoms with Crippen molar-refractivity contribution in [2.24, 2.45) is 36.8 Å². The van der Waals surface area contributed by atoms with Crippen LogP contribution in [0.2, 0.25) is 0 Å². The lowest BCUT2D eigenvalue weighted by molar-refractivity contribution is 0.0680. The summed E-state index contributed by atoms with van der Waals surface area (Å²) >= 11 is 0. The van der Waals surface area contributed by atoms with Crippen LogP contribution in [0.15, 0.2) is 120 Å². The fourth-order valence-electron chi connectivity index (χ4n) is 10.7. The molecule has 2 fully saturated rings. The van der Waals surface area contributed by atoms with Gasteiger partial charge in [-0.05, 0) is 63.2 Å². The number of hydrogen-bond acceptors (Lipinski definition) is 9. The molecule has 57 heavy (non-hydrogen) atoms. The van der Waals surface area contributed by atoms with E-state index in [1.807, 2.05) is 0 Å². The standard InChI is InChI=1S/C46H48N8O2Si/c1-3-15-29(16-4-1)27-55-57(56-28-30-17-5-2-6-18-30)53-43-35-23-11-12-24-36(35)45(53)51-41-33-21-9-10-22-34(33)42(48-41)52-46-38-26-14-13-25-37(38)44(54(46)57)50-40-32-20-8-7-19-31(32)39(47-40)49-43/h7,10-14,19,22-26,29-30,44H,1-6,8-9,15-18,20-21,27-28H2,(H,47,49,50)/b51-41-,52-46-. The highest BCUT2D eigenvalue weighted by Gasteiger charge is 2.61. The van der Waals surface area contributed by atoms with Crippen molar-refractivity contribution >= 4 is 60.5 Å². The summed E-state index contributed by atoms with van der Waals surface area (Å²) in [5, 5.41) is 6.07. The van der Waals surface area contributed by atoms with Crippen LogP contribution in [0.5, 0.6) is 0 Å². The lowest BCUT2D eigenvalue weighted by Gasteiger charge is -2.44. The summed E-state index contributed by atoms with van der Waals surface area (Å²) in [6.07, 6.45) is 24.3. The molecular formula is C46H48N8O2Si. The molecule has 288 valence electrons. The molecule has 0 spiro atoms. The Morgan fingerprint density at radius 2 is 1.23 bits per heavy atom. The monoisotopic (exact) mass is 772 g/mol. The van der Waals surface area contributed by atoms with Gasteiger partial charge in [0.2, 0.25) is 0 Å². The van der Waals surface area contributed by atoms with Crippen molar-refractivity contribution in [3.8, 4) is 0 Å². The fourth-order valence-corrected chi connectivity index (χ4v) is 14.2. The average molecular weight is 773 g/mol. The summed E-state index contributed by atoms with van der Waals surface area (Å²) in [6, 6.07) is 17.3. The fraction of sp³-hybridized carbons (Fsp3) is 0.413. The molecule has 9 aliphatic rings. The van der Waals surface area contributed by atoms with Gasteiger partial charge >= 0.3 is 8.88 Å². The summed E-state index contributed by atoms with van der Waals surface area (Å²) in [5.74, 6) is 6.30. The average Bonchev–Trinajstić information content (AvgIpc) is 3.98. The van der Waals surface area contributed by atoms with Crippen LogP contribution in [-0.2, 0) is 8.85 Å². The highest BCUT2D eigenvalue weighted by atomic mass is 28.4. The van der Waals surface area contributed by atoms with Crippen LogP contribution in [0.1, 0.15) is 107 Å². The maximum absolute atomic E-state index is 7.91. The van der Waals surface area contributed by atoms with Crippen LogP contribution >= 0.6 is 0 Å². The number of amidine groups is 5. The second-order valence-corrected chi connectivity index (χ2v) is 19.7. The number of allylic oxidation sites excluding steroid dienone is 2. The van der Waals surface area contributed by atoms with Gasteiger partial charge in [-0.1, -0.05) is 111 Å². The van der Waals surface area contributed by atoms with Gasteiger partial charge in [-0.15, -0.1) is 0 Å². The first-order chi connectivity index (χ1) is 28.2. The van der Waals surface area contributed by atoms with E-state index in [4.69, 9.17) is 33.8 Å². The van der Waals surface area contributed by atoms with Crippen molar-refractivity contribution in [1.82, 2.24) is 14.1 Å². The van der Waals surface area contributed by atoms with Crippen LogP contribution in [0.25, 0.3) is 10.8 Å². The van der Waals surface area contributed by atoms with Gasteiger partial charge in [-0.3, -0.25) is 8.80 Å². The summed E-state index contributed by atoms with van der Waals surface area (Å²) in [4.78, 5) is 27.6. The molecule has 1 unspecified atom stereocenters. The van der Waals surface area contributed by atoms with E-state index in [1.54, 1.807) is 0 Å². The molecule has 12 rings (SSSR count). The zero-order valence-corrected chi connectivity index (χ0v) is 33.4. The normalized spacial score (nSPS) is 27.4. The van der Waals surface area contributed by atoms with Crippen molar-refractivity contribution in [3.63, 3.8) is 0 Å². The number of aliphatic imine (C=N–C) groups is 5. The van der Waals surface area contributed by atoms with Crippen LogP contribution < -0.4 is 5.32 Å². The Morgan fingerprint density at radius 3 is 1.93 bits per heavy atom. The van der Waals surface area contributed by atoms with E-state index in [-0.39, 0.29) is 6.17 Å². The molecule has 0 saturated heterocycles. The molecule has 0 amide bonds. The highest BCUT2D eigenvalue weighted by Crippen LogP contribution is 2.49. The second kappa shape index (κ2) is 13.6. The smallest absolute Gasteiger partial charge is 0.361 e. The first-order valence-corrected chi connectivity index (χ1v) is 23.3. The van der Waals surface area contributed by atoms with E-state index < -0.39 is 8.88 Å². The number of benzene rings is 2. The molecule has 1 N–H and O–H groups in total. The van der Waals surface area contributed by atoms with Crippen molar-refractivity contribution < 1.29 is 8.85 Å². The molecule has 2 aromatic carbocycles. The number of nitrogens with zero attached hydrogens (tertiary/aromatic N) is 7. The van der Waals surface area contributed by atoms with Gasteiger partial charge in [0.15, 0.2) is 17.5 Å². The predicted molar refractivity (Wildman–Crippen MR) is 229 cm³/mol. The van der Waals surface area contributed by atoms with E-state index in [0.717, 1.165) is 125 Å². The van der Waals surface area contributed by atoms with Crippen molar-refractivity contribution in [1.29, 1.82) is 0 Å². The van der Waals surface area contributed by atoms with Gasteiger partial charge < -0.3 is 14.2 Å². The van der Waals surface area contributed by atoms with Crippen LogP contribution in [0, 0.1) is 11.8 Å². The minimum Gasteiger partial charge on any atom is -0.361 e. The van der Waals surface area contributed by atoms with Crippen LogP contribution in [0.3, 0.4) is 0 Å². The van der Waals surface area contributed by atoms with Gasteiger partial charge in [0, 0.05) is 57.4 Å². The Hall–Kier alpha value is -4.97. The Balaban J connectivity index is 1.21. The molecule has 4 aliphatic carbocycles. The zero-order chi connectivity index (χ0) is 37.5. The summed E-state index contributed by atoms with van der Waals surface area (Å²) in [5.41, 5.74) is 6.67. The third-order valence-corrected chi connectivity index (χ3v) is 16.7. The van der Waals surface area contributed by atoms with Gasteiger partial charge in [0.1, 0.15) is 29.5 Å². The molecule has 3 aromatic rings. The number of nitrogens with one attached hydrogen (secondary N) is 1. The van der Waals surface area contributed by atoms with Crippen molar-refractivity contribution in [3.05, 3.63) is 106 Å². The first kappa shape index (κ1) is 34.1. The van der Waals surface area contributed by atoms with E-state index in [9.17, 15) is 0 Å². The van der Waals surface area contributed by atoms with E-state index in [0.29, 0.717) is 30.9 Å². The largest absolute Gasteiger partial charge is 0.599 e. The van der Waals surface area contributed by atoms with Crippen LogP contribution in [0.4, 0.5) is 11.6 Å². The lowest BCUT2D eigenvalue weighted by atomic mass is 9.90. The molecule has 2 saturated carbocycles. The Bertz CT molecular complexity index is 2480. The third kappa shape index (κ3) is 5.38. The zero-order valence-electron chi connectivity index (χ0n) is 32.4. The molecule has 6 bridgehead atoms. The minimum atomic E-state index is -3.95. The molecule has 11 heteroatoms. The number of rotatable bonds is 6. The predicted octanol–water partition coefficient (Wildman–Crippen LogP) is 9.67. The minimum absolute atomic E-state index is 0.383. The number of hydrogen-bond donors (Lipinski definition) is 1. The van der Waals surface area contributed by atoms with Gasteiger partial charge in [0.25, 0.3) is 0 Å². The summed E-state index contributed by atoms with van der Waals surface area (Å²) in [6.45, 7) is 1.20. The Morgan fingerprint density at radius 1 is 0.632 bits per heavy atom. The third-order valence-electron chi connectivity index (χ3n) is 13.6. The SMILES string of the molecule is C1=CC2=C(CC1)C1=N/C2=N\c2c3ccccc3c3n2[Si](OCC2CCCCC2)(OCC2CCCCC2)N2/C(=N\C4=NC(=N\3)/C3=C4C=CCC3)c3ccccc3C2N1. The second-order valence-electron chi connectivity index (χ2n) is 17.1. The van der Waals surface area contributed by atoms with Crippen molar-refractivity contribution in [2.45, 2.75) is 96.1 Å². The molecule has 5 aliphatic heterocycles. The quantitative estimate of drug-likeness (QED) is 0.252. The number of fused-ring (bicyclic) bond motifs is 12.